The number of benzene rings is 2. The first-order chi connectivity index (χ1) is 12.0. The van der Waals surface area contributed by atoms with Crippen molar-refractivity contribution in [2.45, 2.75) is 12.5 Å². The molecule has 3 rings (SSSR count). The van der Waals surface area contributed by atoms with E-state index < -0.39 is 17.5 Å². The van der Waals surface area contributed by atoms with Crippen molar-refractivity contribution in [3.63, 3.8) is 0 Å². The summed E-state index contributed by atoms with van der Waals surface area (Å²) in [6.07, 6.45) is 0.209. The standard InChI is InChI=1S/C18H17F3N2O2/c19-14-7-11(8-15(20)18(14)21)13-3-1-2-4-16(13)23-17(24)9-12-10-25-6-5-22-12/h1-4,7-8,12,22H,5-6,9-10H2,(H,23,24). The van der Waals surface area contributed by atoms with Crippen LogP contribution in [0.5, 0.6) is 0 Å². The van der Waals surface area contributed by atoms with Crippen molar-refractivity contribution in [3.05, 3.63) is 53.8 Å². The van der Waals surface area contributed by atoms with Crippen LogP contribution in [0.15, 0.2) is 36.4 Å². The first-order valence-corrected chi connectivity index (χ1v) is 7.89. The number of hydrogen-bond donors (Lipinski definition) is 2. The molecule has 7 heteroatoms. The van der Waals surface area contributed by atoms with Gasteiger partial charge in [0.25, 0.3) is 0 Å². The van der Waals surface area contributed by atoms with E-state index in [1.807, 2.05) is 0 Å². The molecule has 1 heterocycles. The van der Waals surface area contributed by atoms with Crippen LogP contribution in [0.3, 0.4) is 0 Å². The van der Waals surface area contributed by atoms with Crippen LogP contribution in [-0.2, 0) is 9.53 Å². The third kappa shape index (κ3) is 4.18. The lowest BCUT2D eigenvalue weighted by molar-refractivity contribution is -0.117. The van der Waals surface area contributed by atoms with Crippen LogP contribution in [-0.4, -0.2) is 31.7 Å². The van der Waals surface area contributed by atoms with Gasteiger partial charge in [0.2, 0.25) is 5.91 Å². The number of ether oxygens (including phenoxy) is 1. The Labute approximate surface area is 143 Å². The predicted octanol–water partition coefficient (Wildman–Crippen LogP) is 3.09. The minimum atomic E-state index is -1.52. The Balaban J connectivity index is 1.80. The highest BCUT2D eigenvalue weighted by Gasteiger charge is 2.18. The maximum absolute atomic E-state index is 13.5. The zero-order chi connectivity index (χ0) is 17.8. The Kier molecular flexibility index (Phi) is 5.35. The molecule has 4 nitrogen and oxygen atoms in total. The number of amides is 1. The van der Waals surface area contributed by atoms with Crippen molar-refractivity contribution < 1.29 is 22.7 Å². The maximum Gasteiger partial charge on any atom is 0.226 e. The Morgan fingerprint density at radius 3 is 2.60 bits per heavy atom. The molecule has 1 aliphatic rings. The van der Waals surface area contributed by atoms with Crippen LogP contribution in [0, 0.1) is 17.5 Å². The number of hydrogen-bond acceptors (Lipinski definition) is 3. The van der Waals surface area contributed by atoms with Gasteiger partial charge in [-0.1, -0.05) is 18.2 Å². The fraction of sp³-hybridized carbons (Fsp3) is 0.278. The molecule has 132 valence electrons. The topological polar surface area (TPSA) is 50.4 Å². The minimum Gasteiger partial charge on any atom is -0.378 e. The molecule has 2 aromatic carbocycles. The van der Waals surface area contributed by atoms with Gasteiger partial charge >= 0.3 is 0 Å². The van der Waals surface area contributed by atoms with Crippen molar-refractivity contribution in [1.82, 2.24) is 5.32 Å². The molecule has 0 aromatic heterocycles. The Hall–Kier alpha value is -2.38. The summed E-state index contributed by atoms with van der Waals surface area (Å²) in [5.41, 5.74) is 0.947. The molecule has 1 unspecified atom stereocenters. The highest BCUT2D eigenvalue weighted by atomic mass is 19.2. The third-order valence-corrected chi connectivity index (χ3v) is 3.93. The molecule has 1 amide bonds. The fourth-order valence-corrected chi connectivity index (χ4v) is 2.73. The summed E-state index contributed by atoms with van der Waals surface area (Å²) >= 11 is 0. The van der Waals surface area contributed by atoms with Crippen LogP contribution in [0.2, 0.25) is 0 Å². The summed E-state index contributed by atoms with van der Waals surface area (Å²) in [5.74, 6) is -4.33. The van der Waals surface area contributed by atoms with E-state index in [-0.39, 0.29) is 23.9 Å². The van der Waals surface area contributed by atoms with Crippen LogP contribution in [0.25, 0.3) is 11.1 Å². The van der Waals surface area contributed by atoms with E-state index in [1.165, 1.54) is 0 Å². The summed E-state index contributed by atoms with van der Waals surface area (Å²) in [5, 5.41) is 5.91. The van der Waals surface area contributed by atoms with Gasteiger partial charge in [-0.25, -0.2) is 13.2 Å². The van der Waals surface area contributed by atoms with Gasteiger partial charge in [0.05, 0.1) is 13.2 Å². The number of para-hydroxylation sites is 1. The second-order valence-corrected chi connectivity index (χ2v) is 5.78. The second-order valence-electron chi connectivity index (χ2n) is 5.78. The van der Waals surface area contributed by atoms with Gasteiger partial charge in [-0.3, -0.25) is 4.79 Å². The average Bonchev–Trinajstić information content (AvgIpc) is 2.60. The van der Waals surface area contributed by atoms with Crippen molar-refractivity contribution in [2.75, 3.05) is 25.1 Å². The first kappa shape index (κ1) is 17.4. The molecule has 0 spiro atoms. The second kappa shape index (κ2) is 7.67. The molecule has 0 bridgehead atoms. The Bertz CT molecular complexity index is 754. The largest absolute Gasteiger partial charge is 0.378 e. The summed E-state index contributed by atoms with van der Waals surface area (Å²) in [4.78, 5) is 12.2. The van der Waals surface area contributed by atoms with Gasteiger partial charge in [-0.2, -0.15) is 0 Å². The molecular formula is C18H17F3N2O2. The van der Waals surface area contributed by atoms with Crippen LogP contribution < -0.4 is 10.6 Å². The fourth-order valence-electron chi connectivity index (χ4n) is 2.73. The maximum atomic E-state index is 13.5. The number of nitrogens with one attached hydrogen (secondary N) is 2. The zero-order valence-corrected chi connectivity index (χ0v) is 13.3. The molecule has 1 atom stereocenters. The number of rotatable bonds is 4. The molecule has 0 aliphatic carbocycles. The number of anilines is 1. The molecule has 1 saturated heterocycles. The molecule has 0 saturated carbocycles. The van der Waals surface area contributed by atoms with Crippen molar-refractivity contribution in [2.24, 2.45) is 0 Å². The SMILES string of the molecule is O=C(CC1COCCN1)Nc1ccccc1-c1cc(F)c(F)c(F)c1. The van der Waals surface area contributed by atoms with Crippen LogP contribution >= 0.6 is 0 Å². The summed E-state index contributed by atoms with van der Waals surface area (Å²) in [6.45, 7) is 1.74. The smallest absolute Gasteiger partial charge is 0.226 e. The third-order valence-electron chi connectivity index (χ3n) is 3.93. The molecule has 1 aliphatic heterocycles. The molecule has 25 heavy (non-hydrogen) atoms. The first-order valence-electron chi connectivity index (χ1n) is 7.89. The molecule has 2 N–H and O–H groups in total. The van der Waals surface area contributed by atoms with Gasteiger partial charge in [0.15, 0.2) is 17.5 Å². The van der Waals surface area contributed by atoms with Crippen molar-refractivity contribution in [1.29, 1.82) is 0 Å². The highest BCUT2D eigenvalue weighted by Crippen LogP contribution is 2.30. The average molecular weight is 350 g/mol. The van der Waals surface area contributed by atoms with Crippen molar-refractivity contribution in [3.8, 4) is 11.1 Å². The van der Waals surface area contributed by atoms with Gasteiger partial charge in [0, 0.05) is 30.3 Å². The number of morpholine rings is 1. The zero-order valence-electron chi connectivity index (χ0n) is 13.3. The van der Waals surface area contributed by atoms with E-state index in [0.29, 0.717) is 31.0 Å². The monoisotopic (exact) mass is 350 g/mol. The molecule has 1 fully saturated rings. The Morgan fingerprint density at radius 2 is 1.92 bits per heavy atom. The minimum absolute atomic E-state index is 0.0818. The lowest BCUT2D eigenvalue weighted by Gasteiger charge is -2.23. The molecule has 0 radical (unpaired) electrons. The van der Waals surface area contributed by atoms with Gasteiger partial charge in [-0.15, -0.1) is 0 Å². The number of carbonyl (C=O) groups excluding carboxylic acids is 1. The number of halogens is 3. The van der Waals surface area contributed by atoms with Gasteiger partial charge in [0.1, 0.15) is 0 Å². The lowest BCUT2D eigenvalue weighted by atomic mass is 10.0. The highest BCUT2D eigenvalue weighted by molar-refractivity contribution is 5.95. The van der Waals surface area contributed by atoms with Gasteiger partial charge in [-0.05, 0) is 23.8 Å². The molecular weight excluding hydrogens is 333 g/mol. The quantitative estimate of drug-likeness (QED) is 0.833. The predicted molar refractivity (Wildman–Crippen MR) is 87.6 cm³/mol. The van der Waals surface area contributed by atoms with E-state index in [2.05, 4.69) is 10.6 Å². The summed E-state index contributed by atoms with van der Waals surface area (Å²) in [7, 11) is 0. The van der Waals surface area contributed by atoms with Gasteiger partial charge < -0.3 is 15.4 Å². The van der Waals surface area contributed by atoms with E-state index in [0.717, 1.165) is 12.1 Å². The van der Waals surface area contributed by atoms with E-state index >= 15 is 0 Å². The Morgan fingerprint density at radius 1 is 1.20 bits per heavy atom. The molecule has 2 aromatic rings. The van der Waals surface area contributed by atoms with E-state index in [1.54, 1.807) is 24.3 Å². The normalized spacial score (nSPS) is 17.3. The summed E-state index contributed by atoms with van der Waals surface area (Å²) < 4.78 is 45.5. The summed E-state index contributed by atoms with van der Waals surface area (Å²) in [6, 6.07) is 8.31. The van der Waals surface area contributed by atoms with E-state index in [4.69, 9.17) is 4.74 Å². The lowest BCUT2D eigenvalue weighted by Crippen LogP contribution is -2.43. The van der Waals surface area contributed by atoms with Crippen LogP contribution in [0.1, 0.15) is 6.42 Å². The van der Waals surface area contributed by atoms with E-state index in [9.17, 15) is 18.0 Å². The van der Waals surface area contributed by atoms with Crippen LogP contribution in [0.4, 0.5) is 18.9 Å². The van der Waals surface area contributed by atoms with Crippen molar-refractivity contribution >= 4 is 11.6 Å². The number of carbonyl (C=O) groups is 1.